The predicted octanol–water partition coefficient (Wildman–Crippen LogP) is 9.80. The number of carbonyl (C=O) groups is 4. The first-order chi connectivity index (χ1) is 40.7. The third kappa shape index (κ3) is 18.4. The highest BCUT2D eigenvalue weighted by Crippen LogP contribution is 2.41. The Bertz CT molecular complexity index is 3470. The molecule has 0 aromatic carbocycles. The molecule has 470 valence electrons. The minimum Gasteiger partial charge on any atom is -0.478 e. The van der Waals surface area contributed by atoms with Crippen molar-refractivity contribution in [2.24, 2.45) is 11.8 Å². The lowest BCUT2D eigenvalue weighted by Crippen LogP contribution is -2.36. The molecule has 23 nitrogen and oxygen atoms in total. The molecule has 5 fully saturated rings. The Hall–Kier alpha value is -6.20. The first kappa shape index (κ1) is 65.8. The summed E-state index contributed by atoms with van der Waals surface area (Å²) in [6, 6.07) is 2.16. The number of nitrogens with one attached hydrogen (secondary N) is 3. The van der Waals surface area contributed by atoms with E-state index in [4.69, 9.17) is 19.2 Å². The van der Waals surface area contributed by atoms with E-state index in [1.165, 1.54) is 10.6 Å². The second-order valence-electron chi connectivity index (χ2n) is 26.8. The number of ether oxygens (including phenoxy) is 3. The number of fused-ring (bicyclic) bond motifs is 3. The number of nitrogens with zero attached hydrogens (tertiary/aromatic N) is 10. The number of likely N-dealkylation sites (tertiary alicyclic amines) is 1. The molecule has 11 rings (SSSR count). The molecule has 2 aliphatic heterocycles. The minimum absolute atomic E-state index is 0.136. The maximum atomic E-state index is 13.3. The van der Waals surface area contributed by atoms with Crippen LogP contribution in [0, 0.1) is 11.8 Å². The van der Waals surface area contributed by atoms with Crippen molar-refractivity contribution in [1.29, 1.82) is 0 Å². The molecule has 2 atom stereocenters. The zero-order chi connectivity index (χ0) is 62.3. The number of sulfonamides is 1. The first-order valence-corrected chi connectivity index (χ1v) is 39.9. The summed E-state index contributed by atoms with van der Waals surface area (Å²) in [6.45, 7) is 28.6. The lowest BCUT2D eigenvalue weighted by atomic mass is 10.1. The smallest absolute Gasteiger partial charge is 0.410 e. The molecule has 3 aliphatic carbocycles. The van der Waals surface area contributed by atoms with Crippen molar-refractivity contribution in [3.63, 3.8) is 0 Å². The lowest BCUT2D eigenvalue weighted by molar-refractivity contribution is 0.0288. The topological polar surface area (TPSA) is 284 Å². The molecule has 6 aromatic heterocycles. The van der Waals surface area contributed by atoms with E-state index in [1.54, 1.807) is 34.3 Å². The van der Waals surface area contributed by atoms with Crippen LogP contribution in [0.5, 0.6) is 0 Å². The van der Waals surface area contributed by atoms with Crippen LogP contribution in [0.3, 0.4) is 0 Å². The van der Waals surface area contributed by atoms with E-state index in [9.17, 15) is 32.7 Å². The SMILES string of the molecule is CC.CC(C)(C)OC(=O)N1CCC(CNC(=O)c2cn(COCC[Si](C)(C)C)c3ncc(C4CC4)nc23)C1.CS(=O)(=O)N1CCC(CNC(=O)c2c[nH]c3ncc(C4CC4)nc23)C1.C[Si](C)(C)CCOCn1cc(C(=O)O)c2nc(C3CC3)cnc21. The summed E-state index contributed by atoms with van der Waals surface area (Å²) in [6.07, 6.45) is 19.7. The van der Waals surface area contributed by atoms with Gasteiger partial charge in [-0.05, 0) is 96.1 Å². The molecule has 86 heavy (non-hydrogen) atoms. The normalized spacial score (nSPS) is 18.3. The number of aromatic carboxylic acids is 1. The van der Waals surface area contributed by atoms with Crippen LogP contribution < -0.4 is 10.6 Å². The molecule has 26 heteroatoms. The summed E-state index contributed by atoms with van der Waals surface area (Å²) in [7, 11) is -5.47. The molecule has 0 radical (unpaired) electrons. The van der Waals surface area contributed by atoms with E-state index in [0.29, 0.717) is 128 Å². The van der Waals surface area contributed by atoms with Crippen molar-refractivity contribution in [2.45, 2.75) is 174 Å². The number of carboxylic acid groups (broad SMARTS) is 1. The Morgan fingerprint density at radius 3 is 1.57 bits per heavy atom. The maximum absolute atomic E-state index is 13.3. The lowest BCUT2D eigenvalue weighted by Gasteiger charge is -2.24. The summed E-state index contributed by atoms with van der Waals surface area (Å²) in [5.41, 5.74) is 7.07. The van der Waals surface area contributed by atoms with Gasteiger partial charge in [0.2, 0.25) is 10.0 Å². The largest absolute Gasteiger partial charge is 0.478 e. The standard InChI is InChI=1S/C26H41N5O4Si.C16H21N5O3S.C16H23N3O3Si.C2H6/c1-26(2,3)35-25(33)30-10-9-18(15-30)13-28-24(32)20-16-31(17-34-11-12-36(4,5)6)23-22(20)29-21(14-27-23)19-7-8-19;1-25(23,24)21-5-4-10(9-21)6-19-16(22)12-7-17-15-14(12)20-13(8-18-15)11-2-3-11;1-23(2,3)7-6-22-10-19-9-12(16(20)21)14-15(19)17-8-13(18-14)11-4-5-11;1-2/h14,16,18-19H,7-13,15,17H2,1-6H3,(H,28,32);7-8,10-11H,2-6,9H2,1H3,(H,17,18)(H,19,22);8-9,11H,4-7,10H2,1-3H3,(H,20,21);1-2H3. The van der Waals surface area contributed by atoms with E-state index in [2.05, 4.69) is 79.8 Å². The Morgan fingerprint density at radius 2 is 1.10 bits per heavy atom. The molecule has 2 saturated heterocycles. The molecule has 8 heterocycles. The number of amides is 3. The number of aromatic nitrogens is 9. The predicted molar refractivity (Wildman–Crippen MR) is 336 cm³/mol. The summed E-state index contributed by atoms with van der Waals surface area (Å²) < 4.78 is 45.4. The van der Waals surface area contributed by atoms with Crippen LogP contribution in [-0.2, 0) is 37.7 Å². The summed E-state index contributed by atoms with van der Waals surface area (Å²) in [5.74, 6) is 0.354. The van der Waals surface area contributed by atoms with Gasteiger partial charge in [0.05, 0.1) is 53.1 Å². The fourth-order valence-corrected chi connectivity index (χ4v) is 12.4. The highest BCUT2D eigenvalue weighted by atomic mass is 32.2. The number of carbonyl (C=O) groups excluding carboxylic acids is 3. The monoisotopic (exact) mass is 1240 g/mol. The van der Waals surface area contributed by atoms with Gasteiger partial charge in [-0.3, -0.25) is 9.59 Å². The van der Waals surface area contributed by atoms with Gasteiger partial charge in [0.1, 0.15) is 41.2 Å². The fourth-order valence-electron chi connectivity index (χ4n) is 9.96. The average Bonchev–Trinajstić information content (AvgIpc) is 1.84. The summed E-state index contributed by atoms with van der Waals surface area (Å²) >= 11 is 0. The Morgan fingerprint density at radius 1 is 0.651 bits per heavy atom. The van der Waals surface area contributed by atoms with Crippen LogP contribution in [0.1, 0.15) is 152 Å². The van der Waals surface area contributed by atoms with Gasteiger partial charge in [0, 0.05) is 105 Å². The molecule has 6 aromatic rings. The minimum atomic E-state index is -3.16. The number of carboxylic acids is 1. The Labute approximate surface area is 507 Å². The van der Waals surface area contributed by atoms with E-state index in [-0.39, 0.29) is 35.3 Å². The van der Waals surface area contributed by atoms with Crippen LogP contribution in [0.25, 0.3) is 33.5 Å². The van der Waals surface area contributed by atoms with Gasteiger partial charge in [0.25, 0.3) is 11.8 Å². The molecule has 4 N–H and O–H groups in total. The number of H-pyrrole nitrogens is 1. The number of rotatable bonds is 21. The molecule has 3 amide bonds. The third-order valence-corrected chi connectivity index (χ3v) is 20.2. The molecule has 5 aliphatic rings. The first-order valence-electron chi connectivity index (χ1n) is 30.6. The molecule has 0 bridgehead atoms. The van der Waals surface area contributed by atoms with Crippen LogP contribution >= 0.6 is 0 Å². The number of hydrogen-bond donors (Lipinski definition) is 4. The van der Waals surface area contributed by atoms with Crippen molar-refractivity contribution in [2.75, 3.05) is 58.7 Å². The highest BCUT2D eigenvalue weighted by Gasteiger charge is 2.34. The maximum Gasteiger partial charge on any atom is 0.410 e. The summed E-state index contributed by atoms with van der Waals surface area (Å²) in [5, 5.41) is 15.4. The molecule has 2 unspecified atom stereocenters. The van der Waals surface area contributed by atoms with Crippen molar-refractivity contribution in [3.05, 3.63) is 71.0 Å². The Balaban J connectivity index is 0.000000170. The highest BCUT2D eigenvalue weighted by molar-refractivity contribution is 7.88. The molecular weight excluding hydrogens is 1150 g/mol. The van der Waals surface area contributed by atoms with E-state index in [1.807, 2.05) is 51.6 Å². The number of aromatic amines is 1. The third-order valence-electron chi connectivity index (χ3n) is 15.5. The fraction of sp³-hybridized carbons (Fsp3) is 0.633. The van der Waals surface area contributed by atoms with E-state index >= 15 is 0 Å². The summed E-state index contributed by atoms with van der Waals surface area (Å²) in [4.78, 5) is 81.7. The van der Waals surface area contributed by atoms with E-state index in [0.717, 1.165) is 80.5 Å². The van der Waals surface area contributed by atoms with Crippen molar-refractivity contribution in [1.82, 2.24) is 63.9 Å². The zero-order valence-corrected chi connectivity index (χ0v) is 55.3. The Kier molecular flexibility index (Phi) is 21.3. The van der Waals surface area contributed by atoms with Gasteiger partial charge in [-0.2, -0.15) is 0 Å². The van der Waals surface area contributed by atoms with Crippen molar-refractivity contribution >= 4 is 83.5 Å². The molecular formula is C60H91N13O10SSi2. The second-order valence-corrected chi connectivity index (χ2v) is 40.0. The van der Waals surface area contributed by atoms with Gasteiger partial charge in [-0.1, -0.05) is 53.1 Å². The number of hydrogen-bond acceptors (Lipinski definition) is 15. The van der Waals surface area contributed by atoms with Crippen LogP contribution in [-0.4, -0.2) is 171 Å². The van der Waals surface area contributed by atoms with Gasteiger partial charge in [-0.25, -0.2) is 52.2 Å². The van der Waals surface area contributed by atoms with E-state index < -0.39 is 37.7 Å². The van der Waals surface area contributed by atoms with Crippen molar-refractivity contribution in [3.8, 4) is 0 Å². The van der Waals surface area contributed by atoms with Crippen LogP contribution in [0.15, 0.2) is 37.2 Å². The quantitative estimate of drug-likeness (QED) is 0.0385. The van der Waals surface area contributed by atoms with Gasteiger partial charge >= 0.3 is 12.1 Å². The van der Waals surface area contributed by atoms with Crippen LogP contribution in [0.4, 0.5) is 4.79 Å². The van der Waals surface area contributed by atoms with Crippen molar-refractivity contribution < 1.29 is 46.9 Å². The van der Waals surface area contributed by atoms with Gasteiger partial charge < -0.3 is 49.0 Å². The van der Waals surface area contributed by atoms with Crippen LogP contribution in [0.2, 0.25) is 51.4 Å². The average molecular weight is 1240 g/mol. The second kappa shape index (κ2) is 27.9. The van der Waals surface area contributed by atoms with Gasteiger partial charge in [0.15, 0.2) is 16.9 Å². The molecule has 0 spiro atoms. The van der Waals surface area contributed by atoms with Gasteiger partial charge in [-0.15, -0.1) is 0 Å². The molecule has 3 saturated carbocycles. The zero-order valence-electron chi connectivity index (χ0n) is 52.5.